The van der Waals surface area contributed by atoms with Crippen molar-refractivity contribution in [3.05, 3.63) is 66.1 Å². The fraction of sp³-hybridized carbons (Fsp3) is 0.333. The van der Waals surface area contributed by atoms with Crippen LogP contribution in [0.4, 0.5) is 4.39 Å². The van der Waals surface area contributed by atoms with E-state index in [1.807, 2.05) is 52.2 Å². The van der Waals surface area contributed by atoms with E-state index in [1.54, 1.807) is 0 Å². The van der Waals surface area contributed by atoms with Gasteiger partial charge in [0.1, 0.15) is 5.82 Å². The molecule has 1 aliphatic heterocycles. The molecule has 1 saturated heterocycles. The molecule has 0 saturated carbocycles. The number of piperazine rings is 1. The maximum atomic E-state index is 13.0. The number of benzene rings is 2. The van der Waals surface area contributed by atoms with Crippen molar-refractivity contribution in [3.8, 4) is 0 Å². The van der Waals surface area contributed by atoms with Crippen molar-refractivity contribution in [2.24, 2.45) is 0 Å². The number of halogens is 1. The number of para-hydroxylation sites is 1. The smallest absolute Gasteiger partial charge is 0.224 e. The number of amides is 1. The Morgan fingerprint density at radius 3 is 2.52 bits per heavy atom. The average Bonchev–Trinajstić information content (AvgIpc) is 3.12. The lowest BCUT2D eigenvalue weighted by Gasteiger charge is -2.34. The largest absolute Gasteiger partial charge is 0.340 e. The lowest BCUT2D eigenvalue weighted by molar-refractivity contribution is -0.133. The topological polar surface area (TPSA) is 41.4 Å². The molecule has 1 fully saturated rings. The van der Waals surface area contributed by atoms with Crippen molar-refractivity contribution in [2.45, 2.75) is 19.5 Å². The molecule has 4 rings (SSSR count). The van der Waals surface area contributed by atoms with E-state index in [-0.39, 0.29) is 11.7 Å². The molecule has 0 aliphatic carbocycles. The lowest BCUT2D eigenvalue weighted by Crippen LogP contribution is -2.48. The van der Waals surface area contributed by atoms with Crippen molar-refractivity contribution >= 4 is 16.8 Å². The molecule has 0 atom stereocenters. The fourth-order valence-corrected chi connectivity index (χ4v) is 3.57. The molecule has 140 valence electrons. The molecule has 6 heteroatoms. The molecule has 0 unspecified atom stereocenters. The van der Waals surface area contributed by atoms with Gasteiger partial charge >= 0.3 is 0 Å². The summed E-state index contributed by atoms with van der Waals surface area (Å²) < 4.78 is 14.9. The first-order valence-electron chi connectivity index (χ1n) is 9.34. The molecule has 3 aromatic rings. The minimum absolute atomic E-state index is 0.177. The van der Waals surface area contributed by atoms with Crippen LogP contribution >= 0.6 is 0 Å². The Morgan fingerprint density at radius 2 is 1.74 bits per heavy atom. The van der Waals surface area contributed by atoms with Crippen LogP contribution in [0, 0.1) is 5.82 Å². The van der Waals surface area contributed by atoms with Gasteiger partial charge < -0.3 is 4.90 Å². The highest BCUT2D eigenvalue weighted by Crippen LogP contribution is 2.14. The zero-order valence-corrected chi connectivity index (χ0v) is 15.2. The molecule has 0 radical (unpaired) electrons. The van der Waals surface area contributed by atoms with Crippen molar-refractivity contribution in [2.75, 3.05) is 26.2 Å². The van der Waals surface area contributed by atoms with Crippen molar-refractivity contribution in [1.29, 1.82) is 0 Å². The van der Waals surface area contributed by atoms with Gasteiger partial charge in [0, 0.05) is 44.5 Å². The molecule has 0 spiro atoms. The Hall–Kier alpha value is -2.73. The van der Waals surface area contributed by atoms with Crippen LogP contribution in [0.1, 0.15) is 12.0 Å². The number of fused-ring (bicyclic) bond motifs is 1. The van der Waals surface area contributed by atoms with Crippen LogP contribution in [-0.4, -0.2) is 51.7 Å². The number of rotatable bonds is 5. The molecule has 2 heterocycles. The number of aromatic nitrogens is 2. The van der Waals surface area contributed by atoms with Crippen LogP contribution in [0.3, 0.4) is 0 Å². The highest BCUT2D eigenvalue weighted by Gasteiger charge is 2.21. The van der Waals surface area contributed by atoms with E-state index in [0.717, 1.165) is 49.2 Å². The van der Waals surface area contributed by atoms with Gasteiger partial charge in [-0.1, -0.05) is 30.3 Å². The van der Waals surface area contributed by atoms with Gasteiger partial charge in [0.25, 0.3) is 0 Å². The lowest BCUT2D eigenvalue weighted by atomic mass is 10.2. The van der Waals surface area contributed by atoms with E-state index in [9.17, 15) is 9.18 Å². The Bertz CT molecular complexity index is 913. The minimum atomic E-state index is -0.209. The maximum absolute atomic E-state index is 13.0. The second-order valence-corrected chi connectivity index (χ2v) is 6.96. The van der Waals surface area contributed by atoms with E-state index >= 15 is 0 Å². The van der Waals surface area contributed by atoms with Crippen LogP contribution < -0.4 is 0 Å². The summed E-state index contributed by atoms with van der Waals surface area (Å²) in [6.07, 6.45) is 2.30. The number of hydrogen-bond acceptors (Lipinski definition) is 3. The second-order valence-electron chi connectivity index (χ2n) is 6.96. The van der Waals surface area contributed by atoms with Gasteiger partial charge in [-0.25, -0.2) is 4.39 Å². The molecular weight excluding hydrogens is 343 g/mol. The van der Waals surface area contributed by atoms with Gasteiger partial charge in [0.2, 0.25) is 5.91 Å². The number of nitrogens with zero attached hydrogens (tertiary/aromatic N) is 4. The van der Waals surface area contributed by atoms with E-state index < -0.39 is 0 Å². The van der Waals surface area contributed by atoms with Gasteiger partial charge in [0.15, 0.2) is 0 Å². The third-order valence-corrected chi connectivity index (χ3v) is 5.13. The highest BCUT2D eigenvalue weighted by atomic mass is 19.1. The van der Waals surface area contributed by atoms with E-state index in [1.165, 1.54) is 12.1 Å². The highest BCUT2D eigenvalue weighted by molar-refractivity contribution is 5.79. The Balaban J connectivity index is 1.26. The SMILES string of the molecule is O=C(CCn1ncc2ccccc21)N1CCN(Cc2ccc(F)cc2)CC1. The second kappa shape index (κ2) is 7.88. The summed E-state index contributed by atoms with van der Waals surface area (Å²) in [7, 11) is 0. The zero-order chi connectivity index (χ0) is 18.6. The van der Waals surface area contributed by atoms with Crippen LogP contribution in [0.15, 0.2) is 54.7 Å². The summed E-state index contributed by atoms with van der Waals surface area (Å²) >= 11 is 0. The minimum Gasteiger partial charge on any atom is -0.340 e. The third kappa shape index (κ3) is 4.17. The molecule has 27 heavy (non-hydrogen) atoms. The van der Waals surface area contributed by atoms with Gasteiger partial charge in [-0.3, -0.25) is 14.4 Å². The molecule has 2 aromatic carbocycles. The number of carbonyl (C=O) groups excluding carboxylic acids is 1. The predicted octanol–water partition coefficient (Wildman–Crippen LogP) is 2.91. The molecular formula is C21H23FN4O. The van der Waals surface area contributed by atoms with E-state index in [0.29, 0.717) is 13.0 Å². The Morgan fingerprint density at radius 1 is 1.00 bits per heavy atom. The van der Waals surface area contributed by atoms with Crippen molar-refractivity contribution in [3.63, 3.8) is 0 Å². The maximum Gasteiger partial charge on any atom is 0.224 e. The first kappa shape index (κ1) is 17.7. The van der Waals surface area contributed by atoms with E-state index in [4.69, 9.17) is 0 Å². The normalized spacial score (nSPS) is 15.4. The molecule has 1 aromatic heterocycles. The van der Waals surface area contributed by atoms with Crippen LogP contribution in [-0.2, 0) is 17.9 Å². The predicted molar refractivity (Wildman–Crippen MR) is 103 cm³/mol. The summed E-state index contributed by atoms with van der Waals surface area (Å²) in [6.45, 7) is 4.55. The van der Waals surface area contributed by atoms with Crippen molar-refractivity contribution in [1.82, 2.24) is 19.6 Å². The molecule has 0 N–H and O–H groups in total. The summed E-state index contributed by atoms with van der Waals surface area (Å²) in [6, 6.07) is 14.7. The summed E-state index contributed by atoms with van der Waals surface area (Å²) in [5.41, 5.74) is 2.16. The van der Waals surface area contributed by atoms with Gasteiger partial charge in [0.05, 0.1) is 18.3 Å². The molecule has 5 nitrogen and oxygen atoms in total. The number of carbonyl (C=O) groups is 1. The summed E-state index contributed by atoms with van der Waals surface area (Å²) in [5.74, 6) is -0.0323. The van der Waals surface area contributed by atoms with Gasteiger partial charge in [-0.05, 0) is 23.8 Å². The Kier molecular flexibility index (Phi) is 5.16. The van der Waals surface area contributed by atoms with Gasteiger partial charge in [-0.2, -0.15) is 5.10 Å². The monoisotopic (exact) mass is 366 g/mol. The Labute approximate surface area is 158 Å². The first-order valence-corrected chi connectivity index (χ1v) is 9.34. The van der Waals surface area contributed by atoms with E-state index in [2.05, 4.69) is 10.00 Å². The fourth-order valence-electron chi connectivity index (χ4n) is 3.57. The summed E-state index contributed by atoms with van der Waals surface area (Å²) in [4.78, 5) is 16.8. The quantitative estimate of drug-likeness (QED) is 0.697. The third-order valence-electron chi connectivity index (χ3n) is 5.13. The number of aryl methyl sites for hydroxylation is 1. The van der Waals surface area contributed by atoms with Crippen LogP contribution in [0.25, 0.3) is 10.9 Å². The standard InChI is InChI=1S/C21H23FN4O/c22-19-7-5-17(6-8-19)16-24-11-13-25(14-12-24)21(27)9-10-26-20-4-2-1-3-18(20)15-23-26/h1-8,15H,9-14,16H2. The first-order chi connectivity index (χ1) is 13.2. The molecule has 1 amide bonds. The molecule has 1 aliphatic rings. The number of hydrogen-bond donors (Lipinski definition) is 0. The average molecular weight is 366 g/mol. The van der Waals surface area contributed by atoms with Gasteiger partial charge in [-0.15, -0.1) is 0 Å². The van der Waals surface area contributed by atoms with Crippen LogP contribution in [0.2, 0.25) is 0 Å². The van der Waals surface area contributed by atoms with Crippen LogP contribution in [0.5, 0.6) is 0 Å². The summed E-state index contributed by atoms with van der Waals surface area (Å²) in [5, 5.41) is 5.49. The molecule has 0 bridgehead atoms. The van der Waals surface area contributed by atoms with Crippen molar-refractivity contribution < 1.29 is 9.18 Å². The zero-order valence-electron chi connectivity index (χ0n) is 15.2.